The number of hydrogen-bond acceptors (Lipinski definition) is 7. The molecule has 0 aliphatic carbocycles. The largest absolute Gasteiger partial charge is 0.398 e. The Morgan fingerprint density at radius 1 is 0.583 bits per heavy atom. The lowest BCUT2D eigenvalue weighted by molar-refractivity contribution is -0.108. The fourth-order valence-electron chi connectivity index (χ4n) is 7.49. The predicted molar refractivity (Wildman–Crippen MR) is 249 cm³/mol. The molecule has 0 saturated heterocycles. The van der Waals surface area contributed by atoms with E-state index in [-0.39, 0.29) is 25.4 Å². The average Bonchev–Trinajstić information content (AvgIpc) is 3.93. The molecule has 4 aromatic heterocycles. The van der Waals surface area contributed by atoms with Gasteiger partial charge in [-0.2, -0.15) is 0 Å². The Hall–Kier alpha value is -6.62. The van der Waals surface area contributed by atoms with Gasteiger partial charge in [-0.1, -0.05) is 123 Å². The second-order valence-electron chi connectivity index (χ2n) is 15.8. The van der Waals surface area contributed by atoms with Crippen LogP contribution in [0.3, 0.4) is 0 Å². The van der Waals surface area contributed by atoms with Crippen LogP contribution in [0.4, 0.5) is 11.4 Å². The number of carbonyl (C=O) groups excluding carboxylic acids is 1. The smallest absolute Gasteiger partial charge is 0.334 e. The van der Waals surface area contributed by atoms with Crippen LogP contribution in [-0.4, -0.2) is 40.4 Å². The Labute approximate surface area is 351 Å². The second kappa shape index (κ2) is 19.4. The minimum Gasteiger partial charge on any atom is -0.398 e. The maximum absolute atomic E-state index is 13.0. The van der Waals surface area contributed by atoms with Crippen LogP contribution in [0.25, 0.3) is 33.1 Å². The lowest BCUT2D eigenvalue weighted by Gasteiger charge is -2.16. The summed E-state index contributed by atoms with van der Waals surface area (Å²) in [5.41, 5.74) is 15.6. The van der Waals surface area contributed by atoms with Crippen LogP contribution in [0.2, 0.25) is 0 Å². The number of aldehydes is 1. The van der Waals surface area contributed by atoms with Crippen molar-refractivity contribution in [3.63, 3.8) is 0 Å². The van der Waals surface area contributed by atoms with Crippen LogP contribution in [0.1, 0.15) is 109 Å². The molecular weight excluding hydrogens is 749 g/mol. The molecule has 0 aliphatic heterocycles. The Kier molecular flexibility index (Phi) is 14.4. The number of fused-ring (bicyclic) bond motifs is 6. The van der Waals surface area contributed by atoms with Crippen LogP contribution in [0.5, 0.6) is 0 Å². The summed E-state index contributed by atoms with van der Waals surface area (Å²) >= 11 is 0. The zero-order chi connectivity index (χ0) is 42.4. The zero-order valence-corrected chi connectivity index (χ0v) is 35.2. The van der Waals surface area contributed by atoms with Gasteiger partial charge in [0.2, 0.25) is 0 Å². The summed E-state index contributed by atoms with van der Waals surface area (Å²) in [7, 11) is 0. The summed E-state index contributed by atoms with van der Waals surface area (Å²) in [5, 5.41) is 1.81. The molecule has 2 N–H and O–H groups in total. The zero-order valence-electron chi connectivity index (χ0n) is 35.2. The predicted octanol–water partition coefficient (Wildman–Crippen LogP) is 10.3. The molecule has 11 nitrogen and oxygen atoms in total. The maximum Gasteiger partial charge on any atom is 0.334 e. The molecule has 0 radical (unpaired) electrons. The highest BCUT2D eigenvalue weighted by Crippen LogP contribution is 2.34. The Morgan fingerprint density at radius 2 is 0.983 bits per heavy atom. The first kappa shape index (κ1) is 44.5. The molecule has 0 atom stereocenters. The van der Waals surface area contributed by atoms with Crippen LogP contribution in [-0.2, 0) is 17.9 Å². The number of benzene rings is 4. The molecule has 60 heavy (non-hydrogen) atoms. The maximum atomic E-state index is 13.0. The first-order valence-electron chi connectivity index (χ1n) is 20.2. The summed E-state index contributed by atoms with van der Waals surface area (Å²) in [4.78, 5) is 49.2. The number of carbonyl (C=O) groups is 1. The van der Waals surface area contributed by atoms with E-state index >= 15 is 0 Å². The summed E-state index contributed by atoms with van der Waals surface area (Å²) in [6.45, 7) is 17.9. The van der Waals surface area contributed by atoms with Gasteiger partial charge in [0, 0.05) is 47.5 Å². The van der Waals surface area contributed by atoms with Crippen molar-refractivity contribution in [2.45, 2.75) is 99.6 Å². The van der Waals surface area contributed by atoms with E-state index in [0.29, 0.717) is 41.5 Å². The van der Waals surface area contributed by atoms with Gasteiger partial charge < -0.3 is 10.5 Å². The van der Waals surface area contributed by atoms with Crippen molar-refractivity contribution in [3.8, 4) is 0 Å². The quantitative estimate of drug-likeness (QED) is 0.0877. The summed E-state index contributed by atoms with van der Waals surface area (Å²) in [6.07, 6.45) is 9.12. The number of nitrogen functional groups attached to an aromatic ring is 1. The van der Waals surface area contributed by atoms with Gasteiger partial charge in [0.15, 0.2) is 0 Å². The van der Waals surface area contributed by atoms with E-state index in [9.17, 15) is 14.4 Å². The number of aromatic nitrogens is 6. The first-order chi connectivity index (χ1) is 28.3. The fourth-order valence-corrected chi connectivity index (χ4v) is 7.49. The number of nitrogens with zero attached hydrogens (tertiary/aromatic N) is 7. The molecule has 8 rings (SSSR count). The molecular formula is C49H58N8O3. The van der Waals surface area contributed by atoms with Crippen molar-refractivity contribution in [1.29, 1.82) is 0 Å². The monoisotopic (exact) mass is 806 g/mol. The normalized spacial score (nSPS) is 11.5. The van der Waals surface area contributed by atoms with E-state index in [4.69, 9.17) is 10.7 Å². The molecule has 312 valence electrons. The minimum atomic E-state index is -0.247. The number of nitrogens with two attached hydrogens (primary N) is 1. The van der Waals surface area contributed by atoms with Crippen LogP contribution in [0, 0.1) is 0 Å². The third-order valence-electron chi connectivity index (χ3n) is 10.5. The van der Waals surface area contributed by atoms with Crippen LogP contribution < -0.4 is 17.1 Å². The fraction of sp³-hybridized carbons (Fsp3) is 0.306. The van der Waals surface area contributed by atoms with E-state index in [1.165, 1.54) is 31.2 Å². The number of para-hydroxylation sites is 4. The molecule has 8 aromatic rings. The molecule has 0 bridgehead atoms. The van der Waals surface area contributed by atoms with E-state index in [0.717, 1.165) is 39.5 Å². The SMILES string of the molecule is C.CC(C)c1cccc(C(C)C)c1N.CC(C)c1cccc(C(C)C)c1N=CCn1c(=O)n2ccnc2c2ccccc21.O=CCn1c(=O)n2ccnc2c2ccccc21. The van der Waals surface area contributed by atoms with Gasteiger partial charge in [-0.3, -0.25) is 22.9 Å². The first-order valence-corrected chi connectivity index (χ1v) is 20.2. The highest BCUT2D eigenvalue weighted by Gasteiger charge is 2.15. The van der Waals surface area contributed by atoms with Gasteiger partial charge in [0.1, 0.15) is 17.6 Å². The molecule has 0 fully saturated rings. The standard InChI is InChI=1S/C24H26N4O.C12H9N3O2.C12H19N.CH4/c1-16(2)18-9-7-10-19(17(3)4)22(18)25-12-14-27-21-11-6-5-8-20(21)23-26-13-15-28(23)24(27)29;16-8-7-14-10-4-2-1-3-9(10)11-13-5-6-15(11)12(14)17;1-8(2)10-6-5-7-11(9(3)4)12(10)13;/h5-13,15-17H,14H2,1-4H3;1-6,8H,7H2;5-9H,13H2,1-4H3;1H4. The molecule has 0 spiro atoms. The minimum absolute atomic E-state index is 0. The third-order valence-corrected chi connectivity index (χ3v) is 10.5. The van der Waals surface area contributed by atoms with Gasteiger partial charge in [0.05, 0.1) is 29.8 Å². The Morgan fingerprint density at radius 3 is 1.40 bits per heavy atom. The van der Waals surface area contributed by atoms with E-state index in [2.05, 4.69) is 102 Å². The lowest BCUT2D eigenvalue weighted by atomic mass is 9.93. The lowest BCUT2D eigenvalue weighted by Crippen LogP contribution is -2.27. The summed E-state index contributed by atoms with van der Waals surface area (Å²) in [5.74, 6) is 1.79. The van der Waals surface area contributed by atoms with E-state index < -0.39 is 0 Å². The summed E-state index contributed by atoms with van der Waals surface area (Å²) in [6, 6.07) is 28.0. The van der Waals surface area contributed by atoms with Gasteiger partial charge in [-0.25, -0.2) is 19.6 Å². The number of aliphatic imine (C=N–C) groups is 1. The van der Waals surface area contributed by atoms with Crippen molar-refractivity contribution in [2.24, 2.45) is 4.99 Å². The highest BCUT2D eigenvalue weighted by atomic mass is 16.2. The molecule has 4 aromatic carbocycles. The van der Waals surface area contributed by atoms with Crippen molar-refractivity contribution in [3.05, 3.63) is 153 Å². The number of imidazole rings is 2. The van der Waals surface area contributed by atoms with Crippen molar-refractivity contribution in [1.82, 2.24) is 27.9 Å². The third kappa shape index (κ3) is 9.00. The molecule has 0 aliphatic rings. The topological polar surface area (TPSA) is 134 Å². The second-order valence-corrected chi connectivity index (χ2v) is 15.8. The number of anilines is 1. The molecule has 4 heterocycles. The van der Waals surface area contributed by atoms with Gasteiger partial charge in [-0.15, -0.1) is 0 Å². The van der Waals surface area contributed by atoms with Gasteiger partial charge in [-0.05, 0) is 70.2 Å². The van der Waals surface area contributed by atoms with Crippen LogP contribution in [0.15, 0.2) is 124 Å². The number of hydrogen-bond donors (Lipinski definition) is 1. The van der Waals surface area contributed by atoms with Crippen molar-refractivity contribution >= 4 is 57.0 Å². The van der Waals surface area contributed by atoms with Crippen LogP contribution >= 0.6 is 0 Å². The Bertz CT molecular complexity index is 2840. The molecule has 0 unspecified atom stereocenters. The average molecular weight is 807 g/mol. The Balaban J connectivity index is 0.000000187. The van der Waals surface area contributed by atoms with E-state index in [1.807, 2.05) is 54.7 Å². The van der Waals surface area contributed by atoms with Crippen molar-refractivity contribution in [2.75, 3.05) is 5.73 Å². The highest BCUT2D eigenvalue weighted by molar-refractivity contribution is 5.92. The molecule has 0 saturated carbocycles. The van der Waals surface area contributed by atoms with Gasteiger partial charge in [0.25, 0.3) is 0 Å². The van der Waals surface area contributed by atoms with Crippen molar-refractivity contribution < 1.29 is 4.79 Å². The number of rotatable bonds is 9. The van der Waals surface area contributed by atoms with E-state index in [1.54, 1.807) is 33.8 Å². The molecule has 0 amide bonds. The summed E-state index contributed by atoms with van der Waals surface area (Å²) < 4.78 is 6.24. The van der Waals surface area contributed by atoms with Gasteiger partial charge >= 0.3 is 11.4 Å². The molecule has 11 heteroatoms.